The smallest absolute Gasteiger partial charge is 0.293 e. The van der Waals surface area contributed by atoms with E-state index in [1.807, 2.05) is 0 Å². The van der Waals surface area contributed by atoms with Crippen molar-refractivity contribution in [2.45, 2.75) is 6.92 Å². The third-order valence-electron chi connectivity index (χ3n) is 0.353. The summed E-state index contributed by atoms with van der Waals surface area (Å²) in [5, 5.41) is 15.9. The monoisotopic (exact) mass is 89.0 g/mol. The zero-order valence-corrected chi connectivity index (χ0v) is 3.47. The Morgan fingerprint density at radius 2 is 1.67 bits per heavy atom. The van der Waals surface area contributed by atoms with E-state index in [1.165, 1.54) is 6.92 Å². The molecular formula is C3H7NO2. The van der Waals surface area contributed by atoms with Crippen LogP contribution in [0.3, 0.4) is 0 Å². The van der Waals surface area contributed by atoms with E-state index < -0.39 is 5.95 Å². The molecule has 6 heavy (non-hydrogen) atoms. The van der Waals surface area contributed by atoms with Crippen molar-refractivity contribution in [1.82, 2.24) is 0 Å². The fourth-order valence-corrected chi connectivity index (χ4v) is 0. The van der Waals surface area contributed by atoms with E-state index in [-0.39, 0.29) is 5.70 Å². The number of nitrogens with two attached hydrogens (primary N) is 1. The van der Waals surface area contributed by atoms with Gasteiger partial charge in [-0.2, -0.15) is 0 Å². The van der Waals surface area contributed by atoms with Crippen LogP contribution < -0.4 is 5.73 Å². The molecule has 0 aromatic heterocycles. The first-order valence-electron chi connectivity index (χ1n) is 1.49. The Bertz CT molecular complexity index is 58.9. The molecule has 0 bridgehead atoms. The van der Waals surface area contributed by atoms with Gasteiger partial charge in [0.05, 0.1) is 5.70 Å². The van der Waals surface area contributed by atoms with Crippen molar-refractivity contribution in [3.05, 3.63) is 11.6 Å². The molecule has 0 fully saturated rings. The van der Waals surface area contributed by atoms with Crippen LogP contribution in [0.2, 0.25) is 0 Å². The standard InChI is InChI=1S/C3H7NO2/c1-2(4)3(5)6/h5-6H,4H2,1H3. The molecule has 0 aromatic rings. The first kappa shape index (κ1) is 5.14. The van der Waals surface area contributed by atoms with E-state index in [4.69, 9.17) is 15.9 Å². The zero-order valence-electron chi connectivity index (χ0n) is 3.47. The summed E-state index contributed by atoms with van der Waals surface area (Å²) in [6.07, 6.45) is 0. The van der Waals surface area contributed by atoms with Crippen LogP contribution >= 0.6 is 0 Å². The maximum atomic E-state index is 7.94. The van der Waals surface area contributed by atoms with Gasteiger partial charge in [0, 0.05) is 0 Å². The average Bonchev–Trinajstić information content (AvgIpc) is 1.36. The maximum absolute atomic E-state index is 7.94. The second-order valence-electron chi connectivity index (χ2n) is 1.01. The molecule has 0 spiro atoms. The molecule has 3 heteroatoms. The molecule has 4 N–H and O–H groups in total. The van der Waals surface area contributed by atoms with Gasteiger partial charge in [-0.3, -0.25) is 0 Å². The Labute approximate surface area is 35.7 Å². The fraction of sp³-hybridized carbons (Fsp3) is 0.333. The number of allylic oxidation sites excluding steroid dienone is 1. The van der Waals surface area contributed by atoms with Crippen LogP contribution in [-0.2, 0) is 0 Å². The summed E-state index contributed by atoms with van der Waals surface area (Å²) in [6, 6.07) is 0. The van der Waals surface area contributed by atoms with Gasteiger partial charge in [-0.25, -0.2) is 0 Å². The lowest BCUT2D eigenvalue weighted by molar-refractivity contribution is 0.184. The van der Waals surface area contributed by atoms with Crippen LogP contribution in [0.15, 0.2) is 11.6 Å². The topological polar surface area (TPSA) is 66.5 Å². The van der Waals surface area contributed by atoms with Gasteiger partial charge in [-0.05, 0) is 6.92 Å². The van der Waals surface area contributed by atoms with E-state index in [9.17, 15) is 0 Å². The Morgan fingerprint density at radius 3 is 1.67 bits per heavy atom. The first-order chi connectivity index (χ1) is 2.64. The van der Waals surface area contributed by atoms with Crippen molar-refractivity contribution in [3.63, 3.8) is 0 Å². The van der Waals surface area contributed by atoms with Crippen LogP contribution in [0.25, 0.3) is 0 Å². The minimum absolute atomic E-state index is 0.0370. The molecule has 0 amide bonds. The summed E-state index contributed by atoms with van der Waals surface area (Å²) in [7, 11) is 0. The summed E-state index contributed by atoms with van der Waals surface area (Å²) >= 11 is 0. The molecule has 0 radical (unpaired) electrons. The number of aliphatic hydroxyl groups is 2. The molecule has 0 atom stereocenters. The van der Waals surface area contributed by atoms with Gasteiger partial charge in [-0.15, -0.1) is 0 Å². The van der Waals surface area contributed by atoms with E-state index in [0.717, 1.165) is 0 Å². The van der Waals surface area contributed by atoms with Crippen LogP contribution in [0.5, 0.6) is 0 Å². The molecule has 0 aromatic carbocycles. The van der Waals surface area contributed by atoms with Gasteiger partial charge < -0.3 is 15.9 Å². The molecule has 0 aliphatic carbocycles. The number of rotatable bonds is 0. The summed E-state index contributed by atoms with van der Waals surface area (Å²) < 4.78 is 0. The predicted molar refractivity (Wildman–Crippen MR) is 22.1 cm³/mol. The highest BCUT2D eigenvalue weighted by Crippen LogP contribution is 1.82. The highest BCUT2D eigenvalue weighted by Gasteiger charge is 1.83. The molecule has 36 valence electrons. The minimum Gasteiger partial charge on any atom is -0.480 e. The van der Waals surface area contributed by atoms with Crippen molar-refractivity contribution >= 4 is 0 Å². The molecular weight excluding hydrogens is 82.0 g/mol. The Balaban J connectivity index is 3.68. The number of hydrogen-bond donors (Lipinski definition) is 3. The van der Waals surface area contributed by atoms with Gasteiger partial charge in [0.2, 0.25) is 0 Å². The lowest BCUT2D eigenvalue weighted by Gasteiger charge is -1.86. The summed E-state index contributed by atoms with van der Waals surface area (Å²) in [4.78, 5) is 0. The lowest BCUT2D eigenvalue weighted by Crippen LogP contribution is -1.95. The van der Waals surface area contributed by atoms with Gasteiger partial charge in [0.25, 0.3) is 5.95 Å². The van der Waals surface area contributed by atoms with Gasteiger partial charge >= 0.3 is 0 Å². The van der Waals surface area contributed by atoms with E-state index >= 15 is 0 Å². The first-order valence-corrected chi connectivity index (χ1v) is 1.49. The Hall–Kier alpha value is -0.860. The van der Waals surface area contributed by atoms with Crippen molar-refractivity contribution in [2.75, 3.05) is 0 Å². The molecule has 3 nitrogen and oxygen atoms in total. The van der Waals surface area contributed by atoms with Crippen molar-refractivity contribution < 1.29 is 10.2 Å². The summed E-state index contributed by atoms with van der Waals surface area (Å²) in [5.41, 5.74) is 4.85. The molecule has 0 unspecified atom stereocenters. The predicted octanol–water partition coefficient (Wildman–Crippen LogP) is 0.250. The molecule has 0 saturated heterocycles. The Kier molecular flexibility index (Phi) is 1.32. The van der Waals surface area contributed by atoms with Gasteiger partial charge in [0.1, 0.15) is 0 Å². The normalized spacial score (nSPS) is 7.50. The maximum Gasteiger partial charge on any atom is 0.293 e. The van der Waals surface area contributed by atoms with Gasteiger partial charge in [-0.1, -0.05) is 0 Å². The van der Waals surface area contributed by atoms with E-state index in [2.05, 4.69) is 0 Å². The lowest BCUT2D eigenvalue weighted by atomic mass is 10.6. The highest BCUT2D eigenvalue weighted by atomic mass is 16.5. The molecule has 0 aliphatic heterocycles. The summed E-state index contributed by atoms with van der Waals surface area (Å²) in [6.45, 7) is 1.40. The van der Waals surface area contributed by atoms with Crippen molar-refractivity contribution in [1.29, 1.82) is 0 Å². The second-order valence-corrected chi connectivity index (χ2v) is 1.01. The van der Waals surface area contributed by atoms with E-state index in [1.54, 1.807) is 0 Å². The quantitative estimate of drug-likeness (QED) is 0.373. The van der Waals surface area contributed by atoms with E-state index in [0.29, 0.717) is 0 Å². The van der Waals surface area contributed by atoms with Crippen LogP contribution in [0.4, 0.5) is 0 Å². The molecule has 0 rings (SSSR count). The zero-order chi connectivity index (χ0) is 5.15. The molecule has 0 aliphatic rings. The SMILES string of the molecule is CC(N)=C(O)O. The molecule has 0 heterocycles. The van der Waals surface area contributed by atoms with Crippen molar-refractivity contribution in [2.24, 2.45) is 5.73 Å². The largest absolute Gasteiger partial charge is 0.480 e. The van der Waals surface area contributed by atoms with Crippen LogP contribution in [-0.4, -0.2) is 10.2 Å². The summed E-state index contributed by atoms with van der Waals surface area (Å²) in [5.74, 6) is -0.796. The van der Waals surface area contributed by atoms with Gasteiger partial charge in [0.15, 0.2) is 0 Å². The number of hydrogen-bond acceptors (Lipinski definition) is 3. The van der Waals surface area contributed by atoms with Crippen molar-refractivity contribution in [3.8, 4) is 0 Å². The Morgan fingerprint density at radius 1 is 1.50 bits per heavy atom. The van der Waals surface area contributed by atoms with Crippen LogP contribution in [0.1, 0.15) is 6.92 Å². The fourth-order valence-electron chi connectivity index (χ4n) is 0. The minimum atomic E-state index is -0.796. The third kappa shape index (κ3) is 1.46. The number of aliphatic hydroxyl groups excluding tert-OH is 1. The average molecular weight is 89.1 g/mol. The second kappa shape index (κ2) is 1.55. The highest BCUT2D eigenvalue weighted by molar-refractivity contribution is 4.89. The van der Waals surface area contributed by atoms with Crippen LogP contribution in [0, 0.1) is 0 Å². The molecule has 0 saturated carbocycles. The third-order valence-corrected chi connectivity index (χ3v) is 0.353.